The van der Waals surface area contributed by atoms with Gasteiger partial charge >= 0.3 is 0 Å². The summed E-state index contributed by atoms with van der Waals surface area (Å²) in [5.74, 6) is 0.0690. The van der Waals surface area contributed by atoms with Crippen molar-refractivity contribution in [1.29, 1.82) is 5.26 Å². The fourth-order valence-corrected chi connectivity index (χ4v) is 4.62. The fraction of sp³-hybridized carbons (Fsp3) is 0.360. The summed E-state index contributed by atoms with van der Waals surface area (Å²) < 4.78 is 23.7. The smallest absolute Gasteiger partial charge is 0.201 e. The topological polar surface area (TPSA) is 93.1 Å². The van der Waals surface area contributed by atoms with Crippen molar-refractivity contribution in [3.8, 4) is 23.2 Å². The van der Waals surface area contributed by atoms with Gasteiger partial charge in [-0.2, -0.15) is 5.26 Å². The van der Waals surface area contributed by atoms with Crippen molar-refractivity contribution in [2.45, 2.75) is 45.3 Å². The summed E-state index contributed by atoms with van der Waals surface area (Å²) in [6.07, 6.45) is 6.96. The molecule has 9 heteroatoms. The number of ether oxygens (including phenoxy) is 1. The molecule has 1 fully saturated rings. The van der Waals surface area contributed by atoms with Crippen LogP contribution in [0.2, 0.25) is 0 Å². The number of halogens is 1. The zero-order valence-corrected chi connectivity index (χ0v) is 19.2. The average Bonchev–Trinajstić information content (AvgIpc) is 3.46. The lowest BCUT2D eigenvalue weighted by Gasteiger charge is -2.25. The Kier molecular flexibility index (Phi) is 5.99. The van der Waals surface area contributed by atoms with Gasteiger partial charge in [-0.25, -0.2) is 14.4 Å². The predicted octanol–water partition coefficient (Wildman–Crippen LogP) is 4.37. The Balaban J connectivity index is 1.57. The minimum absolute atomic E-state index is 0.371. The Morgan fingerprint density at radius 3 is 2.74 bits per heavy atom. The Morgan fingerprint density at radius 1 is 1.21 bits per heavy atom. The van der Waals surface area contributed by atoms with Crippen molar-refractivity contribution in [2.75, 3.05) is 13.1 Å². The second-order valence-corrected chi connectivity index (χ2v) is 8.51. The largest absolute Gasteiger partial charge is 0.469 e. The maximum absolute atomic E-state index is 13.4. The summed E-state index contributed by atoms with van der Waals surface area (Å²) in [5, 5.41) is 13.0. The van der Waals surface area contributed by atoms with Gasteiger partial charge in [-0.15, -0.1) is 0 Å². The third-order valence-corrected chi connectivity index (χ3v) is 6.42. The number of nitrogens with one attached hydrogen (secondary N) is 1. The number of imidazole rings is 2. The van der Waals surface area contributed by atoms with Crippen LogP contribution in [0.3, 0.4) is 0 Å². The SMILES string of the molecule is CCC(Oc1cc(-c2ncn(C3CCNCC3)c2C)cc2ncc(C#N)n12)c1ccc(F)cn1. The van der Waals surface area contributed by atoms with Gasteiger partial charge in [0.05, 0.1) is 30.1 Å². The molecule has 1 saturated heterocycles. The van der Waals surface area contributed by atoms with Crippen LogP contribution in [-0.4, -0.2) is 37.0 Å². The Morgan fingerprint density at radius 2 is 2.03 bits per heavy atom. The van der Waals surface area contributed by atoms with Crippen LogP contribution in [0.4, 0.5) is 4.39 Å². The number of hydrogen-bond acceptors (Lipinski definition) is 6. The van der Waals surface area contributed by atoms with Crippen molar-refractivity contribution in [1.82, 2.24) is 29.2 Å². The van der Waals surface area contributed by atoms with E-state index in [-0.39, 0.29) is 0 Å². The number of pyridine rings is 2. The number of piperidine rings is 1. The minimum atomic E-state index is -0.415. The summed E-state index contributed by atoms with van der Waals surface area (Å²) in [5.41, 5.74) is 4.40. The Hall–Kier alpha value is -3.77. The first-order chi connectivity index (χ1) is 16.6. The van der Waals surface area contributed by atoms with Gasteiger partial charge in [-0.1, -0.05) is 6.92 Å². The average molecular weight is 460 g/mol. The second kappa shape index (κ2) is 9.23. The standard InChI is InChI=1S/C25H26FN7O/c1-3-22(21-5-4-18(26)13-29-21)34-24-11-17(10-23-30-14-20(12-27)33(23)24)25-16(2)32(15-31-25)19-6-8-28-9-7-19/h4-5,10-11,13-15,19,22,28H,3,6-9H2,1-2H3. The first-order valence-electron chi connectivity index (χ1n) is 11.5. The van der Waals surface area contributed by atoms with Gasteiger partial charge in [-0.3, -0.25) is 9.38 Å². The predicted molar refractivity (Wildman–Crippen MR) is 125 cm³/mol. The summed E-state index contributed by atoms with van der Waals surface area (Å²) in [7, 11) is 0. The van der Waals surface area contributed by atoms with Gasteiger partial charge in [0.1, 0.15) is 29.3 Å². The van der Waals surface area contributed by atoms with Crippen LogP contribution < -0.4 is 10.1 Å². The molecule has 4 aromatic rings. The highest BCUT2D eigenvalue weighted by Gasteiger charge is 2.22. The van der Waals surface area contributed by atoms with Crippen molar-refractivity contribution in [2.24, 2.45) is 0 Å². The quantitative estimate of drug-likeness (QED) is 0.460. The lowest BCUT2D eigenvalue weighted by atomic mass is 10.1. The van der Waals surface area contributed by atoms with Crippen LogP contribution in [0, 0.1) is 24.1 Å². The first kappa shape index (κ1) is 22.0. The van der Waals surface area contributed by atoms with E-state index in [4.69, 9.17) is 9.72 Å². The van der Waals surface area contributed by atoms with Crippen molar-refractivity contribution in [3.63, 3.8) is 0 Å². The fourth-order valence-electron chi connectivity index (χ4n) is 4.62. The van der Waals surface area contributed by atoms with E-state index in [0.717, 1.165) is 42.9 Å². The number of nitrogens with zero attached hydrogens (tertiary/aromatic N) is 6. The third-order valence-electron chi connectivity index (χ3n) is 6.42. The summed E-state index contributed by atoms with van der Waals surface area (Å²) >= 11 is 0. The number of nitriles is 1. The van der Waals surface area contributed by atoms with E-state index in [1.165, 1.54) is 18.5 Å². The maximum atomic E-state index is 13.4. The van der Waals surface area contributed by atoms with Gasteiger partial charge in [0.15, 0.2) is 0 Å². The number of fused-ring (bicyclic) bond motifs is 1. The van der Waals surface area contributed by atoms with Crippen LogP contribution in [0.25, 0.3) is 16.9 Å². The van der Waals surface area contributed by atoms with E-state index in [0.29, 0.717) is 35.4 Å². The molecule has 0 aliphatic carbocycles. The van der Waals surface area contributed by atoms with E-state index < -0.39 is 11.9 Å². The molecule has 1 atom stereocenters. The van der Waals surface area contributed by atoms with E-state index in [2.05, 4.69) is 32.8 Å². The molecule has 174 valence electrons. The molecule has 0 radical (unpaired) electrons. The number of aromatic nitrogens is 5. The van der Waals surface area contributed by atoms with Crippen LogP contribution in [0.15, 0.2) is 43.0 Å². The second-order valence-electron chi connectivity index (χ2n) is 8.51. The van der Waals surface area contributed by atoms with Crippen molar-refractivity contribution in [3.05, 3.63) is 65.9 Å². The molecule has 8 nitrogen and oxygen atoms in total. The number of rotatable bonds is 6. The Bertz CT molecular complexity index is 1350. The molecule has 1 aliphatic rings. The lowest BCUT2D eigenvalue weighted by Crippen LogP contribution is -2.29. The molecule has 5 heterocycles. The Labute approximate surface area is 197 Å². The molecule has 4 aromatic heterocycles. The highest BCUT2D eigenvalue weighted by molar-refractivity contribution is 5.69. The van der Waals surface area contributed by atoms with Crippen LogP contribution in [0.5, 0.6) is 5.88 Å². The molecule has 5 rings (SSSR count). The molecule has 1 unspecified atom stereocenters. The zero-order chi connectivity index (χ0) is 23.7. The van der Waals surface area contributed by atoms with E-state index in [1.54, 1.807) is 10.5 Å². The molecular weight excluding hydrogens is 433 g/mol. The highest BCUT2D eigenvalue weighted by atomic mass is 19.1. The summed E-state index contributed by atoms with van der Waals surface area (Å²) in [4.78, 5) is 13.4. The first-order valence-corrected chi connectivity index (χ1v) is 11.5. The van der Waals surface area contributed by atoms with Crippen LogP contribution in [-0.2, 0) is 0 Å². The maximum Gasteiger partial charge on any atom is 0.201 e. The highest BCUT2D eigenvalue weighted by Crippen LogP contribution is 2.33. The molecule has 34 heavy (non-hydrogen) atoms. The van der Waals surface area contributed by atoms with Crippen LogP contribution >= 0.6 is 0 Å². The molecule has 1 N–H and O–H groups in total. The van der Waals surface area contributed by atoms with Crippen LogP contribution in [0.1, 0.15) is 55.4 Å². The van der Waals surface area contributed by atoms with Gasteiger partial charge < -0.3 is 14.6 Å². The van der Waals surface area contributed by atoms with Crippen molar-refractivity contribution < 1.29 is 9.13 Å². The van der Waals surface area contributed by atoms with E-state index >= 15 is 0 Å². The summed E-state index contributed by atoms with van der Waals surface area (Å²) in [6, 6.07) is 9.41. The number of hydrogen-bond donors (Lipinski definition) is 1. The minimum Gasteiger partial charge on any atom is -0.469 e. The normalized spacial score (nSPS) is 15.4. The molecule has 0 aromatic carbocycles. The molecule has 0 bridgehead atoms. The molecular formula is C25H26FN7O. The molecule has 0 spiro atoms. The van der Waals surface area contributed by atoms with E-state index in [1.807, 2.05) is 25.4 Å². The van der Waals surface area contributed by atoms with Gasteiger partial charge in [0.25, 0.3) is 0 Å². The van der Waals surface area contributed by atoms with Crippen molar-refractivity contribution >= 4 is 5.65 Å². The van der Waals surface area contributed by atoms with Gasteiger partial charge in [-0.05, 0) is 57.5 Å². The third kappa shape index (κ3) is 4.01. The lowest BCUT2D eigenvalue weighted by molar-refractivity contribution is 0.185. The monoisotopic (exact) mass is 459 g/mol. The summed E-state index contributed by atoms with van der Waals surface area (Å²) in [6.45, 7) is 6.06. The van der Waals surface area contributed by atoms with Gasteiger partial charge in [0, 0.05) is 23.4 Å². The molecule has 0 amide bonds. The molecule has 1 aliphatic heterocycles. The molecule has 0 saturated carbocycles. The zero-order valence-electron chi connectivity index (χ0n) is 19.2. The van der Waals surface area contributed by atoms with E-state index in [9.17, 15) is 9.65 Å². The van der Waals surface area contributed by atoms with Gasteiger partial charge in [0.2, 0.25) is 5.88 Å².